The van der Waals surface area contributed by atoms with E-state index in [0.717, 1.165) is 24.3 Å². The molecule has 30 heavy (non-hydrogen) atoms. The Balaban J connectivity index is 2.33. The molecule has 2 nitrogen and oxygen atoms in total. The van der Waals surface area contributed by atoms with Gasteiger partial charge < -0.3 is 4.98 Å². The summed E-state index contributed by atoms with van der Waals surface area (Å²) in [4.78, 5) is 2.22. The molecule has 1 aromatic heterocycles. The van der Waals surface area contributed by atoms with Crippen molar-refractivity contribution >= 4 is 0 Å². The number of halogens is 8. The Morgan fingerprint density at radius 2 is 1.13 bits per heavy atom. The van der Waals surface area contributed by atoms with Gasteiger partial charge in [0.25, 0.3) is 5.54 Å². The van der Waals surface area contributed by atoms with E-state index in [9.17, 15) is 35.1 Å². The van der Waals surface area contributed by atoms with Crippen LogP contribution < -0.4 is 5.32 Å². The average Bonchev–Trinajstić information content (AvgIpc) is 3.06. The Morgan fingerprint density at radius 3 is 1.53 bits per heavy atom. The maximum atomic E-state index is 13.7. The predicted molar refractivity (Wildman–Crippen MR) is 94.4 cm³/mol. The third-order valence-corrected chi connectivity index (χ3v) is 4.74. The molecule has 2 aromatic carbocycles. The third kappa shape index (κ3) is 3.55. The Bertz CT molecular complexity index is 938. The summed E-state index contributed by atoms with van der Waals surface area (Å²) in [7, 11) is 0.553. The van der Waals surface area contributed by atoms with E-state index in [2.05, 4.69) is 4.98 Å². The molecule has 3 rings (SSSR count). The number of hydrogen-bond acceptors (Lipinski definition) is 1. The van der Waals surface area contributed by atoms with Gasteiger partial charge in [-0.1, -0.05) is 12.1 Å². The van der Waals surface area contributed by atoms with Crippen LogP contribution in [0.15, 0.2) is 54.6 Å². The number of aromatic nitrogens is 1. The van der Waals surface area contributed by atoms with Gasteiger partial charge >= 0.3 is 12.4 Å². The fraction of sp³-hybridized carbons (Fsp3) is 0.200. The predicted octanol–water partition coefficient (Wildman–Crippen LogP) is 6.17. The fourth-order valence-corrected chi connectivity index (χ4v) is 3.24. The van der Waals surface area contributed by atoms with E-state index in [1.165, 1.54) is 29.6 Å². The van der Waals surface area contributed by atoms with Crippen LogP contribution in [0, 0.1) is 11.6 Å². The maximum absolute atomic E-state index is 13.7. The van der Waals surface area contributed by atoms with Gasteiger partial charge in [0.15, 0.2) is 0 Å². The van der Waals surface area contributed by atoms with Crippen molar-refractivity contribution in [2.24, 2.45) is 0 Å². The quantitative estimate of drug-likeness (QED) is 0.473. The first-order valence-corrected chi connectivity index (χ1v) is 8.48. The number of H-pyrrole nitrogens is 1. The van der Waals surface area contributed by atoms with Gasteiger partial charge in [-0.3, -0.25) is 5.32 Å². The van der Waals surface area contributed by atoms with Gasteiger partial charge in [0.2, 0.25) is 0 Å². The summed E-state index contributed by atoms with van der Waals surface area (Å²) in [6.45, 7) is 0. The molecule has 0 amide bonds. The molecule has 0 saturated carbocycles. The van der Waals surface area contributed by atoms with Crippen molar-refractivity contribution < 1.29 is 35.1 Å². The molecular formula is C20H14F8N2. The lowest BCUT2D eigenvalue weighted by molar-refractivity contribution is -0.313. The molecule has 2 N–H and O–H groups in total. The zero-order valence-electron chi connectivity index (χ0n) is 15.2. The highest BCUT2D eigenvalue weighted by atomic mass is 19.4. The molecule has 0 aliphatic rings. The molecule has 0 spiro atoms. The molecule has 0 aliphatic heterocycles. The molecule has 0 bridgehead atoms. The zero-order valence-corrected chi connectivity index (χ0v) is 15.2. The smallest absolute Gasteiger partial charge is 0.356 e. The monoisotopic (exact) mass is 434 g/mol. The van der Waals surface area contributed by atoms with Crippen LogP contribution in [0.25, 0.3) is 22.4 Å². The lowest BCUT2D eigenvalue weighted by Crippen LogP contribution is -2.62. The first-order valence-electron chi connectivity index (χ1n) is 8.48. The van der Waals surface area contributed by atoms with Crippen molar-refractivity contribution in [2.45, 2.75) is 17.9 Å². The Labute approximate surface area is 165 Å². The average molecular weight is 434 g/mol. The van der Waals surface area contributed by atoms with E-state index in [4.69, 9.17) is 0 Å². The van der Waals surface area contributed by atoms with Crippen molar-refractivity contribution in [3.05, 3.63) is 71.9 Å². The SMILES string of the molecule is CNC(c1cc(-c2ccc(F)cc2)c(-c2ccc(F)cc2)[nH]1)(C(F)(F)F)C(F)(F)F. The summed E-state index contributed by atoms with van der Waals surface area (Å²) in [5.41, 5.74) is -5.41. The van der Waals surface area contributed by atoms with Crippen molar-refractivity contribution in [3.8, 4) is 22.4 Å². The molecule has 10 heteroatoms. The third-order valence-electron chi connectivity index (χ3n) is 4.74. The van der Waals surface area contributed by atoms with Gasteiger partial charge in [-0.25, -0.2) is 8.78 Å². The number of aromatic amines is 1. The number of rotatable bonds is 4. The second kappa shape index (κ2) is 7.42. The fourth-order valence-electron chi connectivity index (χ4n) is 3.24. The van der Waals surface area contributed by atoms with E-state index in [-0.39, 0.29) is 22.4 Å². The highest BCUT2D eigenvalue weighted by molar-refractivity contribution is 5.82. The Hall–Kier alpha value is -2.88. The first-order chi connectivity index (χ1) is 13.9. The van der Waals surface area contributed by atoms with Gasteiger partial charge in [-0.2, -0.15) is 26.3 Å². The number of alkyl halides is 6. The van der Waals surface area contributed by atoms with Gasteiger partial charge in [-0.15, -0.1) is 0 Å². The minimum atomic E-state index is -5.75. The van der Waals surface area contributed by atoms with Gasteiger partial charge in [0.1, 0.15) is 11.6 Å². The van der Waals surface area contributed by atoms with Crippen LogP contribution in [0.1, 0.15) is 5.69 Å². The summed E-state index contributed by atoms with van der Waals surface area (Å²) < 4.78 is 109. The van der Waals surface area contributed by atoms with Crippen LogP contribution >= 0.6 is 0 Å². The molecule has 0 atom stereocenters. The van der Waals surface area contributed by atoms with Gasteiger partial charge in [0, 0.05) is 5.56 Å². The van der Waals surface area contributed by atoms with Crippen LogP contribution in [0.4, 0.5) is 35.1 Å². The molecule has 3 aromatic rings. The number of hydrogen-bond donors (Lipinski definition) is 2. The van der Waals surface area contributed by atoms with E-state index < -0.39 is 35.2 Å². The van der Waals surface area contributed by atoms with Crippen LogP contribution in [0.2, 0.25) is 0 Å². The number of benzene rings is 2. The van der Waals surface area contributed by atoms with Gasteiger partial charge in [0.05, 0.1) is 11.4 Å². The van der Waals surface area contributed by atoms with E-state index in [1.54, 1.807) is 0 Å². The van der Waals surface area contributed by atoms with Gasteiger partial charge in [-0.05, 0) is 60.6 Å². The highest BCUT2D eigenvalue weighted by Gasteiger charge is 2.72. The molecule has 0 aliphatic carbocycles. The summed E-state index contributed by atoms with van der Waals surface area (Å²) >= 11 is 0. The van der Waals surface area contributed by atoms with Crippen molar-refractivity contribution in [2.75, 3.05) is 7.05 Å². The highest BCUT2D eigenvalue weighted by Crippen LogP contribution is 2.51. The van der Waals surface area contributed by atoms with Crippen LogP contribution in [-0.4, -0.2) is 24.4 Å². The van der Waals surface area contributed by atoms with E-state index in [0.29, 0.717) is 13.1 Å². The Kier molecular flexibility index (Phi) is 5.40. The zero-order chi connectivity index (χ0) is 22.3. The van der Waals surface area contributed by atoms with Crippen molar-refractivity contribution in [3.63, 3.8) is 0 Å². The minimum absolute atomic E-state index is 0.0373. The van der Waals surface area contributed by atoms with E-state index in [1.807, 2.05) is 0 Å². The first kappa shape index (κ1) is 21.8. The molecule has 0 fully saturated rings. The lowest BCUT2D eigenvalue weighted by Gasteiger charge is -2.36. The van der Waals surface area contributed by atoms with Crippen molar-refractivity contribution in [1.29, 1.82) is 0 Å². The summed E-state index contributed by atoms with van der Waals surface area (Å²) in [5.74, 6) is -1.27. The van der Waals surface area contributed by atoms with Crippen LogP contribution in [0.5, 0.6) is 0 Å². The van der Waals surface area contributed by atoms with Crippen LogP contribution in [-0.2, 0) is 5.54 Å². The largest absolute Gasteiger partial charge is 0.421 e. The number of nitrogens with one attached hydrogen (secondary N) is 2. The second-order valence-electron chi connectivity index (χ2n) is 6.48. The maximum Gasteiger partial charge on any atom is 0.421 e. The second-order valence-corrected chi connectivity index (χ2v) is 6.48. The Morgan fingerprint density at radius 1 is 0.700 bits per heavy atom. The lowest BCUT2D eigenvalue weighted by atomic mass is 9.92. The molecule has 1 heterocycles. The molecule has 160 valence electrons. The molecule has 0 radical (unpaired) electrons. The summed E-state index contributed by atoms with van der Waals surface area (Å²) in [6, 6.07) is 9.65. The standard InChI is InChI=1S/C20H14F8N2/c1-29-18(19(23,24)25,20(26,27)28)16-10-15(11-2-6-13(21)7-3-11)17(30-16)12-4-8-14(22)9-5-12/h2-10,29-30H,1H3. The molecular weight excluding hydrogens is 420 g/mol. The minimum Gasteiger partial charge on any atom is -0.356 e. The summed E-state index contributed by atoms with van der Waals surface area (Å²) in [6.07, 6.45) is -11.5. The van der Waals surface area contributed by atoms with E-state index >= 15 is 0 Å². The van der Waals surface area contributed by atoms with Crippen LogP contribution in [0.3, 0.4) is 0 Å². The van der Waals surface area contributed by atoms with Crippen molar-refractivity contribution in [1.82, 2.24) is 10.3 Å². The molecule has 0 saturated heterocycles. The normalized spacial score (nSPS) is 13.0. The topological polar surface area (TPSA) is 27.8 Å². The summed E-state index contributed by atoms with van der Waals surface area (Å²) in [5, 5.41) is 1.37. The molecule has 0 unspecified atom stereocenters.